The Morgan fingerprint density at radius 2 is 1.50 bits per heavy atom. The summed E-state index contributed by atoms with van der Waals surface area (Å²) in [6.45, 7) is 0. The van der Waals surface area contributed by atoms with Crippen molar-refractivity contribution in [3.63, 3.8) is 0 Å². The van der Waals surface area contributed by atoms with E-state index in [-0.39, 0.29) is 5.41 Å². The average Bonchev–Trinajstić information content (AvgIpc) is 2.97. The van der Waals surface area contributed by atoms with Crippen LogP contribution in [0.2, 0.25) is 0 Å². The van der Waals surface area contributed by atoms with Crippen LogP contribution in [0, 0.1) is 5.92 Å². The van der Waals surface area contributed by atoms with E-state index in [0.29, 0.717) is 5.92 Å². The van der Waals surface area contributed by atoms with E-state index in [4.69, 9.17) is 5.73 Å². The topological polar surface area (TPSA) is 26.0 Å². The molecule has 0 fully saturated rings. The highest BCUT2D eigenvalue weighted by atomic mass is 14.6. The predicted molar refractivity (Wildman–Crippen MR) is 117 cm³/mol. The third kappa shape index (κ3) is 2.69. The lowest BCUT2D eigenvalue weighted by molar-refractivity contribution is 0.460. The maximum absolute atomic E-state index is 6.31. The minimum atomic E-state index is -0.113. The van der Waals surface area contributed by atoms with E-state index < -0.39 is 0 Å². The molecule has 0 bridgehead atoms. The molecule has 1 atom stereocenters. The molecule has 0 aliphatic heterocycles. The van der Waals surface area contributed by atoms with E-state index in [0.717, 1.165) is 31.4 Å². The quantitative estimate of drug-likeness (QED) is 0.673. The fourth-order valence-electron chi connectivity index (χ4n) is 5.48. The SMILES string of the molecule is NC1=CC=C2C(CC1)C1=C(CCC=C1)CC2(c1ccccc1)c1ccccc1. The molecule has 1 heteroatoms. The van der Waals surface area contributed by atoms with E-state index in [9.17, 15) is 0 Å². The first-order valence-electron chi connectivity index (χ1n) is 10.5. The highest BCUT2D eigenvalue weighted by molar-refractivity contribution is 5.58. The molecule has 2 aromatic rings. The summed E-state index contributed by atoms with van der Waals surface area (Å²) in [6.07, 6.45) is 14.7. The van der Waals surface area contributed by atoms with Crippen LogP contribution in [-0.2, 0) is 5.41 Å². The lowest BCUT2D eigenvalue weighted by atomic mass is 9.56. The Balaban J connectivity index is 1.82. The normalized spacial score (nSPS) is 23.2. The number of rotatable bonds is 2. The molecule has 0 radical (unpaired) electrons. The summed E-state index contributed by atoms with van der Waals surface area (Å²) < 4.78 is 0. The second-order valence-electron chi connectivity index (χ2n) is 8.27. The Morgan fingerprint density at radius 1 is 0.821 bits per heavy atom. The molecule has 1 unspecified atom stereocenters. The highest BCUT2D eigenvalue weighted by Crippen LogP contribution is 2.55. The average molecular weight is 366 g/mol. The van der Waals surface area contributed by atoms with Crippen molar-refractivity contribution in [1.29, 1.82) is 0 Å². The molecule has 0 amide bonds. The van der Waals surface area contributed by atoms with Gasteiger partial charge in [-0.2, -0.15) is 0 Å². The standard InChI is InChI=1S/C27H27N/c28-23-15-17-25-24-14-8-7-9-20(24)19-27(26(25)18-16-23,21-10-3-1-4-11-21)22-12-5-2-6-13-22/h1-6,8,10-14,16,18,25H,7,9,15,17,19,28H2. The van der Waals surface area contributed by atoms with Crippen LogP contribution in [0.5, 0.6) is 0 Å². The molecule has 2 N–H and O–H groups in total. The van der Waals surface area contributed by atoms with E-state index >= 15 is 0 Å². The Kier molecular flexibility index (Phi) is 4.31. The fraction of sp³-hybridized carbons (Fsp3) is 0.259. The van der Waals surface area contributed by atoms with Crippen molar-refractivity contribution in [2.24, 2.45) is 11.7 Å². The van der Waals surface area contributed by atoms with Gasteiger partial charge in [-0.15, -0.1) is 0 Å². The van der Waals surface area contributed by atoms with Gasteiger partial charge in [-0.1, -0.05) is 84.5 Å². The fourth-order valence-corrected chi connectivity index (χ4v) is 5.48. The molecule has 0 heterocycles. The second kappa shape index (κ2) is 6.98. The van der Waals surface area contributed by atoms with Crippen LogP contribution in [0.3, 0.4) is 0 Å². The molecule has 28 heavy (non-hydrogen) atoms. The van der Waals surface area contributed by atoms with Gasteiger partial charge in [-0.25, -0.2) is 0 Å². The summed E-state index contributed by atoms with van der Waals surface area (Å²) in [5.74, 6) is 0.443. The van der Waals surface area contributed by atoms with E-state index in [2.05, 4.69) is 85.0 Å². The van der Waals surface area contributed by atoms with Gasteiger partial charge < -0.3 is 5.73 Å². The largest absolute Gasteiger partial charge is 0.402 e. The maximum atomic E-state index is 6.31. The van der Waals surface area contributed by atoms with Gasteiger partial charge in [0.15, 0.2) is 0 Å². The van der Waals surface area contributed by atoms with Crippen molar-refractivity contribution < 1.29 is 0 Å². The number of fused-ring (bicyclic) bond motifs is 2. The van der Waals surface area contributed by atoms with Crippen LogP contribution in [-0.4, -0.2) is 0 Å². The Bertz CT molecular complexity index is 950. The van der Waals surface area contributed by atoms with Crippen molar-refractivity contribution >= 4 is 0 Å². The molecule has 3 aliphatic rings. The minimum absolute atomic E-state index is 0.113. The number of hydrogen-bond donors (Lipinski definition) is 1. The zero-order chi connectivity index (χ0) is 19.0. The summed E-state index contributed by atoms with van der Waals surface area (Å²) in [5.41, 5.74) is 14.7. The van der Waals surface area contributed by atoms with E-state index in [1.807, 2.05) is 0 Å². The molecule has 0 saturated heterocycles. The van der Waals surface area contributed by atoms with Gasteiger partial charge in [0.1, 0.15) is 0 Å². The van der Waals surface area contributed by atoms with Crippen molar-refractivity contribution in [2.45, 2.75) is 37.5 Å². The van der Waals surface area contributed by atoms with Crippen molar-refractivity contribution in [3.8, 4) is 0 Å². The Hall–Kier alpha value is -2.80. The predicted octanol–water partition coefficient (Wildman–Crippen LogP) is 6.20. The summed E-state index contributed by atoms with van der Waals surface area (Å²) in [5, 5.41) is 0. The third-order valence-corrected chi connectivity index (χ3v) is 6.77. The molecule has 0 aromatic heterocycles. The Morgan fingerprint density at radius 3 is 2.18 bits per heavy atom. The molecular weight excluding hydrogens is 338 g/mol. The number of allylic oxidation sites excluding steroid dienone is 8. The first-order chi connectivity index (χ1) is 13.8. The zero-order valence-electron chi connectivity index (χ0n) is 16.3. The molecule has 5 rings (SSSR count). The molecular formula is C27H27N. The molecule has 2 aromatic carbocycles. The summed E-state index contributed by atoms with van der Waals surface area (Å²) in [6, 6.07) is 22.2. The van der Waals surface area contributed by atoms with Crippen LogP contribution in [0.4, 0.5) is 0 Å². The van der Waals surface area contributed by atoms with Gasteiger partial charge >= 0.3 is 0 Å². The van der Waals surface area contributed by atoms with Gasteiger partial charge in [-0.3, -0.25) is 0 Å². The van der Waals surface area contributed by atoms with E-state index in [1.54, 1.807) is 11.1 Å². The van der Waals surface area contributed by atoms with Crippen LogP contribution in [0.1, 0.15) is 43.2 Å². The number of nitrogens with two attached hydrogens (primary N) is 1. The van der Waals surface area contributed by atoms with Crippen LogP contribution in [0.25, 0.3) is 0 Å². The van der Waals surface area contributed by atoms with E-state index in [1.165, 1.54) is 23.1 Å². The van der Waals surface area contributed by atoms with Crippen molar-refractivity contribution in [2.75, 3.05) is 0 Å². The van der Waals surface area contributed by atoms with Gasteiger partial charge in [-0.05, 0) is 60.5 Å². The van der Waals surface area contributed by atoms with Crippen LogP contribution in [0.15, 0.2) is 107 Å². The third-order valence-electron chi connectivity index (χ3n) is 6.77. The Labute approximate surface area is 168 Å². The molecule has 3 aliphatic carbocycles. The lowest BCUT2D eigenvalue weighted by Crippen LogP contribution is -2.38. The first kappa shape index (κ1) is 17.3. The summed E-state index contributed by atoms with van der Waals surface area (Å²) >= 11 is 0. The monoisotopic (exact) mass is 365 g/mol. The second-order valence-corrected chi connectivity index (χ2v) is 8.27. The van der Waals surface area contributed by atoms with Crippen molar-refractivity contribution in [1.82, 2.24) is 0 Å². The molecule has 0 saturated carbocycles. The number of benzene rings is 2. The maximum Gasteiger partial charge on any atom is 0.0457 e. The highest BCUT2D eigenvalue weighted by Gasteiger charge is 2.46. The van der Waals surface area contributed by atoms with Crippen molar-refractivity contribution in [3.05, 3.63) is 119 Å². The summed E-state index contributed by atoms with van der Waals surface area (Å²) in [4.78, 5) is 0. The van der Waals surface area contributed by atoms with Crippen LogP contribution >= 0.6 is 0 Å². The molecule has 0 spiro atoms. The zero-order valence-corrected chi connectivity index (χ0v) is 16.3. The van der Waals surface area contributed by atoms with Gasteiger partial charge in [0, 0.05) is 17.0 Å². The minimum Gasteiger partial charge on any atom is -0.402 e. The van der Waals surface area contributed by atoms with Gasteiger partial charge in [0.2, 0.25) is 0 Å². The smallest absolute Gasteiger partial charge is 0.0457 e. The van der Waals surface area contributed by atoms with Gasteiger partial charge in [0.25, 0.3) is 0 Å². The molecule has 1 nitrogen and oxygen atoms in total. The van der Waals surface area contributed by atoms with Crippen LogP contribution < -0.4 is 5.73 Å². The lowest BCUT2D eigenvalue weighted by Gasteiger charge is -2.47. The molecule has 140 valence electrons. The number of hydrogen-bond acceptors (Lipinski definition) is 1. The summed E-state index contributed by atoms with van der Waals surface area (Å²) in [7, 11) is 0. The first-order valence-corrected chi connectivity index (χ1v) is 10.5. The van der Waals surface area contributed by atoms with Gasteiger partial charge in [0.05, 0.1) is 0 Å².